The molecule has 0 aliphatic rings. The average molecular weight is 277 g/mol. The van der Waals surface area contributed by atoms with E-state index in [1.54, 1.807) is 6.20 Å². The second-order valence-electron chi connectivity index (χ2n) is 5.73. The first-order valence-electron chi connectivity index (χ1n) is 6.92. The van der Waals surface area contributed by atoms with Crippen molar-refractivity contribution in [2.24, 2.45) is 5.41 Å². The third-order valence-electron chi connectivity index (χ3n) is 3.38. The van der Waals surface area contributed by atoms with Gasteiger partial charge in [0.15, 0.2) is 11.5 Å². The highest BCUT2D eigenvalue weighted by molar-refractivity contribution is 5.65. The van der Waals surface area contributed by atoms with E-state index in [-0.39, 0.29) is 12.0 Å². The van der Waals surface area contributed by atoms with E-state index in [9.17, 15) is 0 Å². The van der Waals surface area contributed by atoms with Gasteiger partial charge in [-0.25, -0.2) is 9.97 Å². The number of fused-ring (bicyclic) bond motifs is 1. The van der Waals surface area contributed by atoms with Crippen molar-refractivity contribution in [3.63, 3.8) is 0 Å². The molecule has 0 aromatic carbocycles. The van der Waals surface area contributed by atoms with E-state index in [2.05, 4.69) is 34.4 Å². The van der Waals surface area contributed by atoms with Crippen LogP contribution in [0, 0.1) is 5.41 Å². The van der Waals surface area contributed by atoms with Crippen LogP contribution in [0.15, 0.2) is 18.6 Å². The number of nitrogens with zero attached hydrogens (tertiary/aromatic N) is 3. The zero-order chi connectivity index (χ0) is 14.6. The lowest BCUT2D eigenvalue weighted by atomic mass is 9.88. The number of nitrogens with one attached hydrogen (secondary N) is 2. The molecular formula is C14H23N5O. The van der Waals surface area contributed by atoms with Crippen LogP contribution < -0.4 is 10.6 Å². The molecule has 110 valence electrons. The molecule has 6 nitrogen and oxygen atoms in total. The number of anilines is 2. The lowest BCUT2D eigenvalue weighted by Gasteiger charge is -2.25. The Labute approximate surface area is 119 Å². The fraction of sp³-hybridized carbons (Fsp3) is 0.571. The molecule has 0 unspecified atom stereocenters. The number of aliphatic hydroxyl groups excluding tert-OH is 1. The summed E-state index contributed by atoms with van der Waals surface area (Å²) in [4.78, 5) is 8.85. The molecule has 20 heavy (non-hydrogen) atoms. The van der Waals surface area contributed by atoms with E-state index in [4.69, 9.17) is 5.11 Å². The number of imidazole rings is 1. The Balaban J connectivity index is 2.14. The van der Waals surface area contributed by atoms with E-state index in [1.165, 1.54) is 0 Å². The van der Waals surface area contributed by atoms with Gasteiger partial charge in [-0.1, -0.05) is 13.8 Å². The van der Waals surface area contributed by atoms with Crippen molar-refractivity contribution in [3.05, 3.63) is 18.6 Å². The van der Waals surface area contributed by atoms with Crippen LogP contribution in [0.2, 0.25) is 0 Å². The molecule has 0 radical (unpaired) electrons. The molecule has 0 aliphatic heterocycles. The molecule has 6 heteroatoms. The SMILES string of the molecule is CNc1cn2ccnc2c(NCC(C)(C)CCCO)n1. The van der Waals surface area contributed by atoms with Crippen LogP contribution in [0.25, 0.3) is 5.65 Å². The number of hydrogen-bond donors (Lipinski definition) is 3. The fourth-order valence-corrected chi connectivity index (χ4v) is 2.14. The van der Waals surface area contributed by atoms with Gasteiger partial charge in [-0.05, 0) is 18.3 Å². The van der Waals surface area contributed by atoms with Gasteiger partial charge in [0.1, 0.15) is 5.82 Å². The third kappa shape index (κ3) is 3.39. The summed E-state index contributed by atoms with van der Waals surface area (Å²) < 4.78 is 1.95. The standard InChI is InChI=1S/C14H23N5O/c1-14(2,5-4-8-20)10-17-12-13-16-6-7-19(13)9-11(15-3)18-12/h6-7,9,15,20H,4-5,8,10H2,1-3H3,(H,17,18). The molecule has 2 aromatic heterocycles. The summed E-state index contributed by atoms with van der Waals surface area (Å²) in [5.41, 5.74) is 0.922. The predicted octanol–water partition coefficient (Wildman–Crippen LogP) is 1.98. The van der Waals surface area contributed by atoms with Gasteiger partial charge in [-0.15, -0.1) is 0 Å². The van der Waals surface area contributed by atoms with E-state index < -0.39 is 0 Å². The topological polar surface area (TPSA) is 74.5 Å². The normalized spacial score (nSPS) is 11.8. The van der Waals surface area contributed by atoms with Gasteiger partial charge in [0.05, 0.1) is 6.20 Å². The summed E-state index contributed by atoms with van der Waals surface area (Å²) in [5, 5.41) is 15.4. The molecular weight excluding hydrogens is 254 g/mol. The van der Waals surface area contributed by atoms with Crippen LogP contribution >= 0.6 is 0 Å². The molecule has 2 heterocycles. The summed E-state index contributed by atoms with van der Waals surface area (Å²) in [5.74, 6) is 1.57. The average Bonchev–Trinajstić information content (AvgIpc) is 2.90. The van der Waals surface area contributed by atoms with Crippen LogP contribution in [-0.4, -0.2) is 39.7 Å². The summed E-state index contributed by atoms with van der Waals surface area (Å²) in [7, 11) is 1.85. The second-order valence-corrected chi connectivity index (χ2v) is 5.73. The third-order valence-corrected chi connectivity index (χ3v) is 3.38. The zero-order valence-corrected chi connectivity index (χ0v) is 12.3. The largest absolute Gasteiger partial charge is 0.396 e. The van der Waals surface area contributed by atoms with Gasteiger partial charge in [-0.3, -0.25) is 0 Å². The van der Waals surface area contributed by atoms with Gasteiger partial charge >= 0.3 is 0 Å². The van der Waals surface area contributed by atoms with Crippen molar-refractivity contribution in [3.8, 4) is 0 Å². The minimum absolute atomic E-state index is 0.101. The van der Waals surface area contributed by atoms with Crippen molar-refractivity contribution in [2.45, 2.75) is 26.7 Å². The molecule has 2 rings (SSSR count). The van der Waals surface area contributed by atoms with Crippen LogP contribution in [0.4, 0.5) is 11.6 Å². The monoisotopic (exact) mass is 277 g/mol. The Kier molecular flexibility index (Phi) is 4.44. The van der Waals surface area contributed by atoms with Crippen molar-refractivity contribution < 1.29 is 5.11 Å². The van der Waals surface area contributed by atoms with Crippen LogP contribution in [-0.2, 0) is 0 Å². The Morgan fingerprint density at radius 3 is 2.90 bits per heavy atom. The van der Waals surface area contributed by atoms with Gasteiger partial charge in [0, 0.05) is 32.6 Å². The predicted molar refractivity (Wildman–Crippen MR) is 81.1 cm³/mol. The van der Waals surface area contributed by atoms with Gasteiger partial charge in [0.2, 0.25) is 0 Å². The summed E-state index contributed by atoms with van der Waals surface area (Å²) >= 11 is 0. The Morgan fingerprint density at radius 1 is 1.40 bits per heavy atom. The van der Waals surface area contributed by atoms with Gasteiger partial charge < -0.3 is 20.1 Å². The molecule has 0 saturated carbocycles. The number of aromatic nitrogens is 3. The molecule has 0 fully saturated rings. The molecule has 0 atom stereocenters. The maximum Gasteiger partial charge on any atom is 0.180 e. The van der Waals surface area contributed by atoms with Crippen LogP contribution in [0.5, 0.6) is 0 Å². The Hall–Kier alpha value is -1.82. The fourth-order valence-electron chi connectivity index (χ4n) is 2.14. The highest BCUT2D eigenvalue weighted by Crippen LogP contribution is 2.24. The first-order chi connectivity index (χ1) is 9.55. The quantitative estimate of drug-likeness (QED) is 0.721. The molecule has 0 bridgehead atoms. The lowest BCUT2D eigenvalue weighted by molar-refractivity contribution is 0.248. The molecule has 0 saturated heterocycles. The van der Waals surface area contributed by atoms with Gasteiger partial charge in [-0.2, -0.15) is 0 Å². The summed E-state index contributed by atoms with van der Waals surface area (Å²) in [6.45, 7) is 5.39. The van der Waals surface area contributed by atoms with Crippen molar-refractivity contribution in [2.75, 3.05) is 30.8 Å². The molecule has 0 aliphatic carbocycles. The van der Waals surface area contributed by atoms with E-state index in [0.29, 0.717) is 0 Å². The molecule has 3 N–H and O–H groups in total. The van der Waals surface area contributed by atoms with Crippen molar-refractivity contribution >= 4 is 17.3 Å². The summed E-state index contributed by atoms with van der Waals surface area (Å²) in [6.07, 6.45) is 7.35. The molecule has 2 aromatic rings. The lowest BCUT2D eigenvalue weighted by Crippen LogP contribution is -2.24. The van der Waals surface area contributed by atoms with Crippen LogP contribution in [0.1, 0.15) is 26.7 Å². The highest BCUT2D eigenvalue weighted by atomic mass is 16.2. The minimum atomic E-state index is 0.101. The molecule has 0 amide bonds. The van der Waals surface area contributed by atoms with Gasteiger partial charge in [0.25, 0.3) is 0 Å². The Bertz CT molecular complexity index is 564. The van der Waals surface area contributed by atoms with Crippen molar-refractivity contribution in [1.82, 2.24) is 14.4 Å². The number of hydrogen-bond acceptors (Lipinski definition) is 5. The zero-order valence-electron chi connectivity index (χ0n) is 12.3. The maximum atomic E-state index is 8.94. The second kappa shape index (κ2) is 6.09. The summed E-state index contributed by atoms with van der Waals surface area (Å²) in [6, 6.07) is 0. The number of aliphatic hydroxyl groups is 1. The first-order valence-corrected chi connectivity index (χ1v) is 6.92. The van der Waals surface area contributed by atoms with E-state index in [0.717, 1.165) is 36.7 Å². The van der Waals surface area contributed by atoms with E-state index in [1.807, 2.05) is 23.8 Å². The van der Waals surface area contributed by atoms with Crippen LogP contribution in [0.3, 0.4) is 0 Å². The smallest absolute Gasteiger partial charge is 0.180 e. The Morgan fingerprint density at radius 2 is 2.20 bits per heavy atom. The van der Waals surface area contributed by atoms with E-state index >= 15 is 0 Å². The van der Waals surface area contributed by atoms with Crippen molar-refractivity contribution in [1.29, 1.82) is 0 Å². The highest BCUT2D eigenvalue weighted by Gasteiger charge is 2.18. The minimum Gasteiger partial charge on any atom is -0.396 e. The molecule has 0 spiro atoms. The number of rotatable bonds is 7. The maximum absolute atomic E-state index is 8.94. The first kappa shape index (κ1) is 14.6.